The highest BCUT2D eigenvalue weighted by atomic mass is 16.7. The number of para-hydroxylation sites is 2. The lowest BCUT2D eigenvalue weighted by Gasteiger charge is -2.23. The Bertz CT molecular complexity index is 1310. The number of fused-ring (bicyclic) bond motifs is 1. The SMILES string of the molecule is C[C@H](/C=C/C(=O)Nc1ccccc1N)[C@@H](OC(=O)Nc1ccc2c(c1)OCO2)c1cccc(OCCO)c1. The van der Waals surface area contributed by atoms with Gasteiger partial charge in [-0.15, -0.1) is 0 Å². The quantitative estimate of drug-likeness (QED) is 0.227. The van der Waals surface area contributed by atoms with Crippen LogP contribution in [0.5, 0.6) is 17.2 Å². The van der Waals surface area contributed by atoms with Crippen molar-refractivity contribution in [2.75, 3.05) is 36.4 Å². The second-order valence-electron chi connectivity index (χ2n) is 8.46. The van der Waals surface area contributed by atoms with E-state index in [1.165, 1.54) is 6.08 Å². The Morgan fingerprint density at radius 2 is 1.87 bits per heavy atom. The summed E-state index contributed by atoms with van der Waals surface area (Å²) in [6.45, 7) is 1.93. The molecule has 198 valence electrons. The Kier molecular flexibility index (Phi) is 8.68. The second kappa shape index (κ2) is 12.5. The highest BCUT2D eigenvalue weighted by Gasteiger charge is 2.24. The molecular formula is C28H29N3O7. The molecule has 10 nitrogen and oxygen atoms in total. The van der Waals surface area contributed by atoms with E-state index < -0.39 is 18.1 Å². The van der Waals surface area contributed by atoms with E-state index in [1.54, 1.807) is 72.8 Å². The van der Waals surface area contributed by atoms with Crippen LogP contribution in [0.1, 0.15) is 18.6 Å². The van der Waals surface area contributed by atoms with Gasteiger partial charge in [0.25, 0.3) is 0 Å². The van der Waals surface area contributed by atoms with Gasteiger partial charge in [-0.2, -0.15) is 0 Å². The molecule has 2 atom stereocenters. The van der Waals surface area contributed by atoms with Crippen molar-refractivity contribution in [2.24, 2.45) is 5.92 Å². The molecule has 0 unspecified atom stereocenters. The third kappa shape index (κ3) is 6.95. The fourth-order valence-corrected chi connectivity index (χ4v) is 3.79. The van der Waals surface area contributed by atoms with Crippen LogP contribution in [0.15, 0.2) is 78.9 Å². The van der Waals surface area contributed by atoms with Crippen LogP contribution in [-0.4, -0.2) is 37.1 Å². The third-order valence-corrected chi connectivity index (χ3v) is 5.65. The van der Waals surface area contributed by atoms with E-state index >= 15 is 0 Å². The summed E-state index contributed by atoms with van der Waals surface area (Å²) in [6, 6.07) is 19.0. The summed E-state index contributed by atoms with van der Waals surface area (Å²) < 4.78 is 22.0. The summed E-state index contributed by atoms with van der Waals surface area (Å²) in [5, 5.41) is 14.5. The van der Waals surface area contributed by atoms with E-state index in [9.17, 15) is 9.59 Å². The Morgan fingerprint density at radius 3 is 2.68 bits per heavy atom. The molecule has 0 bridgehead atoms. The number of ether oxygens (including phenoxy) is 4. The van der Waals surface area contributed by atoms with Crippen molar-refractivity contribution in [1.82, 2.24) is 0 Å². The number of carbonyl (C=O) groups excluding carboxylic acids is 2. The molecule has 0 aromatic heterocycles. The van der Waals surface area contributed by atoms with Crippen LogP contribution in [0.3, 0.4) is 0 Å². The fraction of sp³-hybridized carbons (Fsp3) is 0.214. The predicted octanol–water partition coefficient (Wildman–Crippen LogP) is 4.49. The molecule has 1 heterocycles. The van der Waals surface area contributed by atoms with Gasteiger partial charge >= 0.3 is 6.09 Å². The minimum absolute atomic E-state index is 0.119. The van der Waals surface area contributed by atoms with Crippen molar-refractivity contribution >= 4 is 29.1 Å². The van der Waals surface area contributed by atoms with Gasteiger partial charge in [-0.3, -0.25) is 10.1 Å². The minimum atomic E-state index is -0.771. The number of benzene rings is 3. The molecule has 0 fully saturated rings. The van der Waals surface area contributed by atoms with E-state index in [4.69, 9.17) is 29.8 Å². The topological polar surface area (TPSA) is 141 Å². The van der Waals surface area contributed by atoms with E-state index in [0.29, 0.717) is 39.9 Å². The lowest BCUT2D eigenvalue weighted by Crippen LogP contribution is -2.21. The number of aliphatic hydroxyl groups excluding tert-OH is 1. The van der Waals surface area contributed by atoms with E-state index in [2.05, 4.69) is 10.6 Å². The summed E-state index contributed by atoms with van der Waals surface area (Å²) >= 11 is 0. The predicted molar refractivity (Wildman–Crippen MR) is 142 cm³/mol. The van der Waals surface area contributed by atoms with Crippen LogP contribution in [0.4, 0.5) is 21.9 Å². The molecule has 0 radical (unpaired) electrons. The zero-order chi connectivity index (χ0) is 26.9. The van der Waals surface area contributed by atoms with E-state index in [0.717, 1.165) is 0 Å². The molecule has 4 rings (SSSR count). The molecule has 3 aromatic rings. The average molecular weight is 520 g/mol. The fourth-order valence-electron chi connectivity index (χ4n) is 3.79. The van der Waals surface area contributed by atoms with Gasteiger partial charge in [0, 0.05) is 17.7 Å². The maximum Gasteiger partial charge on any atom is 0.412 e. The first-order valence-corrected chi connectivity index (χ1v) is 12.0. The minimum Gasteiger partial charge on any atom is -0.491 e. The maximum atomic E-state index is 12.9. The van der Waals surface area contributed by atoms with Gasteiger partial charge in [-0.25, -0.2) is 4.79 Å². The maximum absolute atomic E-state index is 12.9. The van der Waals surface area contributed by atoms with Gasteiger partial charge in [0.2, 0.25) is 12.7 Å². The smallest absolute Gasteiger partial charge is 0.412 e. The molecule has 0 saturated carbocycles. The second-order valence-corrected chi connectivity index (χ2v) is 8.46. The van der Waals surface area contributed by atoms with Crippen molar-refractivity contribution < 1.29 is 33.6 Å². The zero-order valence-corrected chi connectivity index (χ0v) is 20.8. The normalized spacial score (nSPS) is 13.5. The number of carbonyl (C=O) groups is 2. The molecule has 0 spiro atoms. The Labute approximate surface area is 220 Å². The molecule has 1 aliphatic rings. The molecule has 0 saturated heterocycles. The van der Waals surface area contributed by atoms with Crippen LogP contribution < -0.4 is 30.6 Å². The molecule has 5 N–H and O–H groups in total. The number of nitrogens with one attached hydrogen (secondary N) is 2. The molecule has 2 amide bonds. The molecular weight excluding hydrogens is 490 g/mol. The standard InChI is InChI=1S/C28H29N3O7/c1-18(9-12-26(33)31-23-8-3-2-7-22(23)29)27(19-5-4-6-21(15-19)35-14-13-32)38-28(34)30-20-10-11-24-25(16-20)37-17-36-24/h2-12,15-16,18,27,32H,13-14,17,29H2,1H3,(H,30,34)(H,31,33)/b12-9+/t18-,27-/m1/s1. The van der Waals surface area contributed by atoms with Gasteiger partial charge in [0.05, 0.1) is 18.0 Å². The Hall–Kier alpha value is -4.70. The first-order valence-electron chi connectivity index (χ1n) is 12.0. The molecule has 0 aliphatic carbocycles. The van der Waals surface area contributed by atoms with Crippen molar-refractivity contribution in [3.63, 3.8) is 0 Å². The number of aliphatic hydroxyl groups is 1. The average Bonchev–Trinajstić information content (AvgIpc) is 3.39. The highest BCUT2D eigenvalue weighted by Crippen LogP contribution is 2.35. The number of nitrogen functional groups attached to an aromatic ring is 1. The van der Waals surface area contributed by atoms with E-state index in [-0.39, 0.29) is 25.9 Å². The van der Waals surface area contributed by atoms with Gasteiger partial charge in [-0.05, 0) is 48.0 Å². The molecule has 1 aliphatic heterocycles. The number of hydrogen-bond donors (Lipinski definition) is 4. The lowest BCUT2D eigenvalue weighted by atomic mass is 9.96. The number of nitrogens with two attached hydrogens (primary N) is 1. The summed E-state index contributed by atoms with van der Waals surface area (Å²) in [7, 11) is 0. The number of rotatable bonds is 10. The van der Waals surface area contributed by atoms with Crippen molar-refractivity contribution in [3.8, 4) is 17.2 Å². The van der Waals surface area contributed by atoms with Crippen molar-refractivity contribution in [2.45, 2.75) is 13.0 Å². The number of hydrogen-bond acceptors (Lipinski definition) is 8. The molecule has 10 heteroatoms. The molecule has 3 aromatic carbocycles. The van der Waals surface area contributed by atoms with E-state index in [1.807, 2.05) is 6.92 Å². The van der Waals surface area contributed by atoms with Gasteiger partial charge in [0.15, 0.2) is 11.5 Å². The zero-order valence-electron chi connectivity index (χ0n) is 20.8. The first kappa shape index (κ1) is 26.4. The Balaban J connectivity index is 1.50. The van der Waals surface area contributed by atoms with Gasteiger partial charge in [-0.1, -0.05) is 37.3 Å². The third-order valence-electron chi connectivity index (χ3n) is 5.65. The van der Waals surface area contributed by atoms with Crippen LogP contribution in [0.2, 0.25) is 0 Å². The highest BCUT2D eigenvalue weighted by molar-refractivity contribution is 6.01. The lowest BCUT2D eigenvalue weighted by molar-refractivity contribution is -0.111. The van der Waals surface area contributed by atoms with Crippen LogP contribution in [0, 0.1) is 5.92 Å². The van der Waals surface area contributed by atoms with Crippen LogP contribution in [0.25, 0.3) is 0 Å². The Morgan fingerprint density at radius 1 is 1.05 bits per heavy atom. The summed E-state index contributed by atoms with van der Waals surface area (Å²) in [4.78, 5) is 25.4. The largest absolute Gasteiger partial charge is 0.491 e. The summed E-state index contributed by atoms with van der Waals surface area (Å²) in [5.74, 6) is 0.836. The summed E-state index contributed by atoms with van der Waals surface area (Å²) in [5.41, 5.74) is 7.97. The van der Waals surface area contributed by atoms with Gasteiger partial charge in [0.1, 0.15) is 18.5 Å². The van der Waals surface area contributed by atoms with Crippen LogP contribution >= 0.6 is 0 Å². The first-order chi connectivity index (χ1) is 18.4. The van der Waals surface area contributed by atoms with Crippen molar-refractivity contribution in [3.05, 3.63) is 84.4 Å². The van der Waals surface area contributed by atoms with Crippen LogP contribution in [-0.2, 0) is 9.53 Å². The summed E-state index contributed by atoms with van der Waals surface area (Å²) in [6.07, 6.45) is 1.55. The van der Waals surface area contributed by atoms with Gasteiger partial charge < -0.3 is 35.1 Å². The number of amides is 2. The monoisotopic (exact) mass is 519 g/mol. The number of anilines is 3. The van der Waals surface area contributed by atoms with Crippen molar-refractivity contribution in [1.29, 1.82) is 0 Å². The molecule has 38 heavy (non-hydrogen) atoms.